The quantitative estimate of drug-likeness (QED) is 0.803. The van der Waals surface area contributed by atoms with E-state index in [4.69, 9.17) is 9.47 Å². The van der Waals surface area contributed by atoms with E-state index in [1.165, 1.54) is 0 Å². The maximum Gasteiger partial charge on any atom is 0.255 e. The van der Waals surface area contributed by atoms with E-state index in [2.05, 4.69) is 15.6 Å². The number of aromatic nitrogens is 1. The lowest BCUT2D eigenvalue weighted by atomic mass is 10.2. The Morgan fingerprint density at radius 2 is 2.44 bits per heavy atom. The molecule has 1 unspecified atom stereocenters. The van der Waals surface area contributed by atoms with Crippen LogP contribution in [0.25, 0.3) is 0 Å². The van der Waals surface area contributed by atoms with Gasteiger partial charge in [0.25, 0.3) is 5.91 Å². The van der Waals surface area contributed by atoms with E-state index in [-0.39, 0.29) is 12.0 Å². The predicted octanol–water partition coefficient (Wildman–Crippen LogP) is 0.268. The van der Waals surface area contributed by atoms with Crippen LogP contribution in [0.5, 0.6) is 0 Å². The summed E-state index contributed by atoms with van der Waals surface area (Å²) in [7, 11) is 1.77. The van der Waals surface area contributed by atoms with Crippen LogP contribution < -0.4 is 10.6 Å². The van der Waals surface area contributed by atoms with E-state index in [0.29, 0.717) is 31.9 Å². The van der Waals surface area contributed by atoms with E-state index in [1.807, 2.05) is 0 Å². The molecule has 0 bridgehead atoms. The molecule has 2 rings (SSSR count). The molecule has 1 aliphatic rings. The number of hydrogen-bond acceptors (Lipinski definition) is 5. The molecule has 18 heavy (non-hydrogen) atoms. The molecule has 1 aromatic rings. The predicted molar refractivity (Wildman–Crippen MR) is 66.7 cm³/mol. The summed E-state index contributed by atoms with van der Waals surface area (Å²) >= 11 is 0. The molecule has 0 aromatic carbocycles. The van der Waals surface area contributed by atoms with E-state index in [1.54, 1.807) is 25.5 Å². The highest BCUT2D eigenvalue weighted by atomic mass is 16.6. The first-order chi connectivity index (χ1) is 8.81. The lowest BCUT2D eigenvalue weighted by molar-refractivity contribution is -0.0855. The van der Waals surface area contributed by atoms with Crippen molar-refractivity contribution in [2.24, 2.45) is 0 Å². The maximum atomic E-state index is 12.0. The molecule has 6 heteroatoms. The zero-order chi connectivity index (χ0) is 12.8. The van der Waals surface area contributed by atoms with Crippen LogP contribution >= 0.6 is 0 Å². The third-order valence-corrected chi connectivity index (χ3v) is 2.71. The summed E-state index contributed by atoms with van der Waals surface area (Å²) in [5.41, 5.74) is 1.28. The lowest BCUT2D eigenvalue weighted by Crippen LogP contribution is -2.39. The van der Waals surface area contributed by atoms with Crippen molar-refractivity contribution in [1.29, 1.82) is 0 Å². The van der Waals surface area contributed by atoms with Crippen LogP contribution in [0.2, 0.25) is 0 Å². The zero-order valence-electron chi connectivity index (χ0n) is 10.3. The molecule has 1 atom stereocenters. The van der Waals surface area contributed by atoms with Crippen molar-refractivity contribution in [3.8, 4) is 0 Å². The minimum absolute atomic E-state index is 0.0718. The molecule has 0 spiro atoms. The number of pyridine rings is 1. The fourth-order valence-corrected chi connectivity index (χ4v) is 1.75. The van der Waals surface area contributed by atoms with Crippen molar-refractivity contribution in [2.45, 2.75) is 6.10 Å². The number of anilines is 1. The van der Waals surface area contributed by atoms with Gasteiger partial charge in [0, 0.05) is 31.7 Å². The Hall–Kier alpha value is -1.66. The van der Waals surface area contributed by atoms with Crippen molar-refractivity contribution >= 4 is 11.6 Å². The second-order valence-electron chi connectivity index (χ2n) is 3.95. The third-order valence-electron chi connectivity index (χ3n) is 2.71. The number of nitrogens with zero attached hydrogens (tertiary/aromatic N) is 1. The van der Waals surface area contributed by atoms with Gasteiger partial charge >= 0.3 is 0 Å². The van der Waals surface area contributed by atoms with Crippen molar-refractivity contribution in [3.63, 3.8) is 0 Å². The van der Waals surface area contributed by atoms with E-state index in [0.717, 1.165) is 5.69 Å². The summed E-state index contributed by atoms with van der Waals surface area (Å²) in [6.07, 6.45) is 3.11. The lowest BCUT2D eigenvalue weighted by Gasteiger charge is -2.23. The van der Waals surface area contributed by atoms with Gasteiger partial charge in [0.05, 0.1) is 31.5 Å². The first kappa shape index (κ1) is 12.8. The molecule has 1 amide bonds. The van der Waals surface area contributed by atoms with Crippen LogP contribution in [0.4, 0.5) is 5.69 Å². The molecule has 2 heterocycles. The zero-order valence-corrected chi connectivity index (χ0v) is 10.3. The van der Waals surface area contributed by atoms with Gasteiger partial charge in [-0.15, -0.1) is 0 Å². The molecule has 1 saturated heterocycles. The van der Waals surface area contributed by atoms with E-state index >= 15 is 0 Å². The number of carbonyl (C=O) groups excluding carboxylic acids is 1. The van der Waals surface area contributed by atoms with Gasteiger partial charge in [0.2, 0.25) is 0 Å². The summed E-state index contributed by atoms with van der Waals surface area (Å²) in [5.74, 6) is -0.165. The minimum atomic E-state index is -0.165. The molecule has 98 valence electrons. The summed E-state index contributed by atoms with van der Waals surface area (Å²) in [6.45, 7) is 2.16. The minimum Gasteiger partial charge on any atom is -0.387 e. The van der Waals surface area contributed by atoms with Crippen LogP contribution in [-0.4, -0.2) is 50.4 Å². The van der Waals surface area contributed by atoms with Gasteiger partial charge in [0.1, 0.15) is 0 Å². The number of ether oxygens (including phenoxy) is 2. The molecule has 2 N–H and O–H groups in total. The highest BCUT2D eigenvalue weighted by Crippen LogP contribution is 2.12. The third kappa shape index (κ3) is 3.18. The molecular weight excluding hydrogens is 234 g/mol. The first-order valence-electron chi connectivity index (χ1n) is 5.90. The Balaban J connectivity index is 1.90. The van der Waals surface area contributed by atoms with Crippen LogP contribution in [0.3, 0.4) is 0 Å². The maximum absolute atomic E-state index is 12.0. The normalized spacial score (nSPS) is 19.3. The van der Waals surface area contributed by atoms with Crippen LogP contribution in [-0.2, 0) is 9.47 Å². The Morgan fingerprint density at radius 1 is 1.56 bits per heavy atom. The highest BCUT2D eigenvalue weighted by molar-refractivity contribution is 5.99. The second kappa shape index (κ2) is 6.32. The van der Waals surface area contributed by atoms with E-state index in [9.17, 15) is 4.79 Å². The highest BCUT2D eigenvalue weighted by Gasteiger charge is 2.17. The summed E-state index contributed by atoms with van der Waals surface area (Å²) in [5, 5.41) is 5.78. The summed E-state index contributed by atoms with van der Waals surface area (Å²) in [6, 6.07) is 1.76. The van der Waals surface area contributed by atoms with Gasteiger partial charge in [-0.2, -0.15) is 0 Å². The average molecular weight is 251 g/mol. The molecule has 6 nitrogen and oxygen atoms in total. The fraction of sp³-hybridized carbons (Fsp3) is 0.500. The molecule has 1 aromatic heterocycles. The molecule has 1 fully saturated rings. The fourth-order valence-electron chi connectivity index (χ4n) is 1.75. The van der Waals surface area contributed by atoms with Gasteiger partial charge in [0.15, 0.2) is 0 Å². The van der Waals surface area contributed by atoms with Crippen LogP contribution in [0.1, 0.15) is 10.4 Å². The van der Waals surface area contributed by atoms with Gasteiger partial charge in [-0.1, -0.05) is 0 Å². The summed E-state index contributed by atoms with van der Waals surface area (Å²) < 4.78 is 10.7. The number of rotatable bonds is 4. The Morgan fingerprint density at radius 3 is 3.17 bits per heavy atom. The monoisotopic (exact) mass is 251 g/mol. The van der Waals surface area contributed by atoms with Crippen molar-refractivity contribution < 1.29 is 14.3 Å². The van der Waals surface area contributed by atoms with Gasteiger partial charge in [-0.3, -0.25) is 9.78 Å². The molecule has 0 radical (unpaired) electrons. The Labute approximate surface area is 106 Å². The van der Waals surface area contributed by atoms with Gasteiger partial charge < -0.3 is 20.1 Å². The molecule has 0 saturated carbocycles. The van der Waals surface area contributed by atoms with Crippen LogP contribution in [0, 0.1) is 0 Å². The first-order valence-corrected chi connectivity index (χ1v) is 5.90. The van der Waals surface area contributed by atoms with Gasteiger partial charge in [-0.25, -0.2) is 0 Å². The largest absolute Gasteiger partial charge is 0.387 e. The number of hydrogen-bond donors (Lipinski definition) is 2. The molecule has 1 aliphatic heterocycles. The number of carbonyl (C=O) groups is 1. The average Bonchev–Trinajstić information content (AvgIpc) is 2.45. The molecule has 0 aliphatic carbocycles. The summed E-state index contributed by atoms with van der Waals surface area (Å²) in [4.78, 5) is 15.9. The van der Waals surface area contributed by atoms with Crippen molar-refractivity contribution in [3.05, 3.63) is 24.0 Å². The number of amides is 1. The number of nitrogens with one attached hydrogen (secondary N) is 2. The van der Waals surface area contributed by atoms with Gasteiger partial charge in [-0.05, 0) is 6.07 Å². The van der Waals surface area contributed by atoms with Crippen molar-refractivity contribution in [1.82, 2.24) is 10.3 Å². The van der Waals surface area contributed by atoms with E-state index < -0.39 is 0 Å². The second-order valence-corrected chi connectivity index (χ2v) is 3.95. The SMILES string of the molecule is CNc1ccncc1C(=O)NCC1COCCO1. The molecular formula is C12H17N3O3. The van der Waals surface area contributed by atoms with Crippen LogP contribution in [0.15, 0.2) is 18.5 Å². The Bertz CT molecular complexity index is 405. The van der Waals surface area contributed by atoms with Crippen molar-refractivity contribution in [2.75, 3.05) is 38.7 Å². The topological polar surface area (TPSA) is 72.5 Å². The standard InChI is InChI=1S/C12H17N3O3/c1-13-11-2-3-14-7-10(11)12(16)15-6-9-8-17-4-5-18-9/h2-3,7,9H,4-6,8H2,1H3,(H,13,14)(H,15,16). The Kier molecular flexibility index (Phi) is 4.49. The smallest absolute Gasteiger partial charge is 0.255 e.